The van der Waals surface area contributed by atoms with Gasteiger partial charge in [0, 0.05) is 0 Å². The molecule has 1 N–H and O–H groups in total. The number of nitrogens with one attached hydrogen (secondary N) is 1. The second-order valence-corrected chi connectivity index (χ2v) is 14.0. The zero-order valence-electron chi connectivity index (χ0n) is 12.4. The van der Waals surface area contributed by atoms with E-state index < -0.39 is 21.7 Å². The molecule has 1 aliphatic heterocycles. The molecule has 0 amide bonds. The van der Waals surface area contributed by atoms with Crippen molar-refractivity contribution in [1.82, 2.24) is 13.1 Å². The molecule has 2 atom stereocenters. The van der Waals surface area contributed by atoms with Gasteiger partial charge in [-0.05, 0) is 0 Å². The number of hydrogen-bond donors (Lipinski definition) is 1. The Kier molecular flexibility index (Phi) is 7.46. The van der Waals surface area contributed by atoms with E-state index >= 15 is 0 Å². The molecule has 1 aliphatic rings. The molecule has 2 unspecified atom stereocenters. The molecule has 1 saturated heterocycles. The van der Waals surface area contributed by atoms with Gasteiger partial charge in [0.2, 0.25) is 0 Å². The standard InChI is InChI=1S/C7H16N2.C6H14N.In/c1-4-7(6-8-3)9-5-2;1-5-6(2)7(3)4;/h7-8H,3-6H2,1-2H3;6H,1,5H2,2-4H3;/q-1;;+1. The summed E-state index contributed by atoms with van der Waals surface area (Å²) >= 11 is -1.46. The van der Waals surface area contributed by atoms with Gasteiger partial charge in [0.15, 0.2) is 0 Å². The van der Waals surface area contributed by atoms with Crippen LogP contribution in [0.1, 0.15) is 33.6 Å². The van der Waals surface area contributed by atoms with Crippen LogP contribution in [0.2, 0.25) is 4.18 Å². The van der Waals surface area contributed by atoms with Crippen LogP contribution in [0.25, 0.3) is 0 Å². The van der Waals surface area contributed by atoms with E-state index in [1.54, 1.807) is 0 Å². The summed E-state index contributed by atoms with van der Waals surface area (Å²) in [6, 6.07) is 1.58. The van der Waals surface area contributed by atoms with Gasteiger partial charge in [0.25, 0.3) is 0 Å². The molecule has 0 bridgehead atoms. The van der Waals surface area contributed by atoms with Gasteiger partial charge in [0.1, 0.15) is 0 Å². The van der Waals surface area contributed by atoms with Crippen molar-refractivity contribution in [3.05, 3.63) is 0 Å². The maximum atomic E-state index is 3.69. The summed E-state index contributed by atoms with van der Waals surface area (Å²) < 4.78 is 5.82. The Morgan fingerprint density at radius 1 is 1.41 bits per heavy atom. The number of hydrogen-bond acceptors (Lipinski definition) is 3. The van der Waals surface area contributed by atoms with E-state index in [0.717, 1.165) is 12.1 Å². The van der Waals surface area contributed by atoms with Gasteiger partial charge in [-0.3, -0.25) is 0 Å². The molecule has 1 fully saturated rings. The quantitative estimate of drug-likeness (QED) is 0.790. The molecule has 4 heteroatoms. The van der Waals surface area contributed by atoms with Crippen LogP contribution in [0.5, 0.6) is 0 Å². The second-order valence-electron chi connectivity index (χ2n) is 5.59. The summed E-state index contributed by atoms with van der Waals surface area (Å²) in [5.41, 5.74) is 0. The summed E-state index contributed by atoms with van der Waals surface area (Å²) in [5.74, 6) is 0. The Labute approximate surface area is 116 Å². The van der Waals surface area contributed by atoms with Gasteiger partial charge in [-0.15, -0.1) is 0 Å². The first-order valence-corrected chi connectivity index (χ1v) is 13.4. The van der Waals surface area contributed by atoms with Gasteiger partial charge in [-0.2, -0.15) is 0 Å². The maximum absolute atomic E-state index is 3.69. The molecule has 17 heavy (non-hydrogen) atoms. The van der Waals surface area contributed by atoms with Gasteiger partial charge < -0.3 is 0 Å². The fraction of sp³-hybridized carbons (Fsp3) is 1.00. The molecule has 1 heterocycles. The summed E-state index contributed by atoms with van der Waals surface area (Å²) in [5, 5.41) is 3.69. The van der Waals surface area contributed by atoms with Crippen LogP contribution >= 0.6 is 0 Å². The van der Waals surface area contributed by atoms with Crippen molar-refractivity contribution < 1.29 is 0 Å². The topological polar surface area (TPSA) is 18.5 Å². The summed E-state index contributed by atoms with van der Waals surface area (Å²) in [7, 11) is 4.40. The first kappa shape index (κ1) is 15.8. The zero-order chi connectivity index (χ0) is 12.8. The molecule has 0 spiro atoms. The molecule has 0 aliphatic carbocycles. The fourth-order valence-electron chi connectivity index (χ4n) is 2.80. The molecule has 100 valence electrons. The Balaban J connectivity index is 2.44. The summed E-state index contributed by atoms with van der Waals surface area (Å²) in [4.78, 5) is 2.36. The minimum atomic E-state index is -1.46. The van der Waals surface area contributed by atoms with Gasteiger partial charge in [-0.1, -0.05) is 0 Å². The third kappa shape index (κ3) is 4.73. The van der Waals surface area contributed by atoms with E-state index in [0.29, 0.717) is 0 Å². The van der Waals surface area contributed by atoms with Crippen molar-refractivity contribution in [2.24, 2.45) is 0 Å². The van der Waals surface area contributed by atoms with E-state index in [1.165, 1.54) is 34.4 Å². The van der Waals surface area contributed by atoms with Crippen molar-refractivity contribution in [3.8, 4) is 0 Å². The van der Waals surface area contributed by atoms with Crippen molar-refractivity contribution >= 4 is 21.7 Å². The average Bonchev–Trinajstić information content (AvgIpc) is 2.34. The molecule has 0 saturated carbocycles. The number of rotatable bonds is 6. The Morgan fingerprint density at radius 2 is 2.12 bits per heavy atom. The Hall–Kier alpha value is 0.750. The molecular weight excluding hydrogens is 313 g/mol. The monoisotopic (exact) mass is 343 g/mol. The first-order valence-electron chi connectivity index (χ1n) is 7.23. The van der Waals surface area contributed by atoms with Crippen molar-refractivity contribution in [2.45, 2.75) is 49.9 Å². The zero-order valence-corrected chi connectivity index (χ0v) is 15.7. The van der Waals surface area contributed by atoms with Crippen molar-refractivity contribution in [1.29, 1.82) is 0 Å². The third-order valence-electron chi connectivity index (χ3n) is 4.33. The van der Waals surface area contributed by atoms with Gasteiger partial charge in [0.05, 0.1) is 0 Å². The molecule has 0 aromatic carbocycles. The summed E-state index contributed by atoms with van der Waals surface area (Å²) in [6.07, 6.45) is 2.71. The van der Waals surface area contributed by atoms with E-state index in [1.807, 2.05) is 0 Å². The van der Waals surface area contributed by atoms with E-state index in [2.05, 4.69) is 48.0 Å². The molecule has 0 aromatic rings. The van der Waals surface area contributed by atoms with Crippen molar-refractivity contribution in [3.63, 3.8) is 0 Å². The van der Waals surface area contributed by atoms with E-state index in [9.17, 15) is 0 Å². The molecule has 0 radical (unpaired) electrons. The SMILES string of the molecule is CCC1CN[CH2][In]([CH2]CC(C)N(C)C)[N]1CC. The van der Waals surface area contributed by atoms with Crippen LogP contribution < -0.4 is 5.32 Å². The van der Waals surface area contributed by atoms with Crippen LogP contribution in [-0.2, 0) is 0 Å². The Morgan fingerprint density at radius 3 is 2.65 bits per heavy atom. The number of nitrogens with zero attached hydrogens (tertiary/aromatic N) is 2. The molecule has 0 aromatic heterocycles. The van der Waals surface area contributed by atoms with E-state index in [4.69, 9.17) is 0 Å². The minimum absolute atomic E-state index is 0.743. The molecule has 3 nitrogen and oxygen atoms in total. The van der Waals surface area contributed by atoms with Gasteiger partial charge >= 0.3 is 116 Å². The Bertz CT molecular complexity index is 211. The molecule has 1 rings (SSSR count). The summed E-state index contributed by atoms with van der Waals surface area (Å²) in [6.45, 7) is 9.56. The normalized spacial score (nSPS) is 24.4. The van der Waals surface area contributed by atoms with Crippen LogP contribution in [0.3, 0.4) is 0 Å². The van der Waals surface area contributed by atoms with Crippen LogP contribution in [0.4, 0.5) is 0 Å². The van der Waals surface area contributed by atoms with Crippen LogP contribution in [-0.4, -0.2) is 73.1 Å². The van der Waals surface area contributed by atoms with Crippen LogP contribution in [0, 0.1) is 0 Å². The fourth-order valence-corrected chi connectivity index (χ4v) is 13.0. The molecular formula is C13H30InN3. The van der Waals surface area contributed by atoms with Gasteiger partial charge in [-0.25, -0.2) is 0 Å². The second kappa shape index (κ2) is 8.03. The predicted octanol–water partition coefficient (Wildman–Crippen LogP) is 1.56. The predicted molar refractivity (Wildman–Crippen MR) is 77.7 cm³/mol. The van der Waals surface area contributed by atoms with Crippen LogP contribution in [0.15, 0.2) is 0 Å². The average molecular weight is 343 g/mol. The van der Waals surface area contributed by atoms with E-state index in [-0.39, 0.29) is 0 Å². The van der Waals surface area contributed by atoms with Crippen molar-refractivity contribution in [2.75, 3.05) is 31.5 Å². The third-order valence-corrected chi connectivity index (χ3v) is 14.3. The first-order chi connectivity index (χ1) is 8.10. The number of likely N-dealkylation sites (N-methyl/N-ethyl adjacent to an activating group) is 1.